The zero-order chi connectivity index (χ0) is 24.9. The van der Waals surface area contributed by atoms with Crippen molar-refractivity contribution in [2.24, 2.45) is 0 Å². The third-order valence-corrected chi connectivity index (χ3v) is 6.11. The molecule has 1 fully saturated rings. The van der Waals surface area contributed by atoms with Crippen molar-refractivity contribution in [1.29, 1.82) is 0 Å². The molecule has 0 unspecified atom stereocenters. The summed E-state index contributed by atoms with van der Waals surface area (Å²) < 4.78 is 15.0. The minimum Gasteiger partial charge on any atom is -0.357 e. The molecule has 0 spiro atoms. The number of carbonyl (C=O) groups excluding carboxylic acids is 2. The number of rotatable bonds is 6. The zero-order valence-electron chi connectivity index (χ0n) is 19.4. The second-order valence-corrected chi connectivity index (χ2v) is 8.71. The van der Waals surface area contributed by atoms with Gasteiger partial charge in [0.05, 0.1) is 11.9 Å². The molecule has 1 atom stereocenters. The molecule has 0 bridgehead atoms. The maximum Gasteiger partial charge on any atom is 0.251 e. The summed E-state index contributed by atoms with van der Waals surface area (Å²) in [7, 11) is 1.57. The summed E-state index contributed by atoms with van der Waals surface area (Å²) in [5, 5.41) is 11.7. The molecule has 1 aliphatic heterocycles. The molecule has 0 aliphatic carbocycles. The number of nitrogens with zero attached hydrogens (tertiary/aromatic N) is 2. The van der Waals surface area contributed by atoms with Crippen molar-refractivity contribution in [2.75, 3.05) is 24.2 Å². The van der Waals surface area contributed by atoms with Crippen molar-refractivity contribution >= 4 is 40.9 Å². The van der Waals surface area contributed by atoms with Crippen molar-refractivity contribution in [3.63, 3.8) is 0 Å². The number of benzene rings is 2. The van der Waals surface area contributed by atoms with Crippen LogP contribution in [0.15, 0.2) is 42.6 Å². The lowest BCUT2D eigenvalue weighted by molar-refractivity contribution is -0.121. The van der Waals surface area contributed by atoms with Gasteiger partial charge in [-0.1, -0.05) is 23.7 Å². The van der Waals surface area contributed by atoms with Gasteiger partial charge in [-0.05, 0) is 67.1 Å². The van der Waals surface area contributed by atoms with Crippen LogP contribution in [0.3, 0.4) is 0 Å². The number of nitrogens with one attached hydrogen (secondary N) is 4. The van der Waals surface area contributed by atoms with Gasteiger partial charge in [-0.25, -0.2) is 9.37 Å². The van der Waals surface area contributed by atoms with Gasteiger partial charge < -0.3 is 21.3 Å². The second kappa shape index (κ2) is 10.7. The first-order chi connectivity index (χ1) is 16.9. The van der Waals surface area contributed by atoms with Gasteiger partial charge >= 0.3 is 0 Å². The Morgan fingerprint density at radius 3 is 2.71 bits per heavy atom. The fourth-order valence-corrected chi connectivity index (χ4v) is 4.07. The van der Waals surface area contributed by atoms with Crippen LogP contribution in [-0.4, -0.2) is 41.4 Å². The Morgan fingerprint density at radius 2 is 1.97 bits per heavy atom. The number of hydrogen-bond donors (Lipinski definition) is 4. The molecule has 8 nitrogen and oxygen atoms in total. The van der Waals surface area contributed by atoms with Crippen LogP contribution < -0.4 is 21.3 Å². The van der Waals surface area contributed by atoms with E-state index in [-0.39, 0.29) is 28.5 Å². The number of amides is 2. The minimum atomic E-state index is -0.489. The zero-order valence-corrected chi connectivity index (χ0v) is 20.2. The first kappa shape index (κ1) is 24.4. The van der Waals surface area contributed by atoms with Gasteiger partial charge in [0.1, 0.15) is 16.9 Å². The number of carbonyl (C=O) groups is 2. The van der Waals surface area contributed by atoms with Crippen molar-refractivity contribution in [1.82, 2.24) is 20.6 Å². The summed E-state index contributed by atoms with van der Waals surface area (Å²) in [6.45, 7) is 2.52. The summed E-state index contributed by atoms with van der Waals surface area (Å²) in [6.07, 6.45) is 3.88. The largest absolute Gasteiger partial charge is 0.357 e. The number of hydrogen-bond acceptors (Lipinski definition) is 6. The molecule has 1 aliphatic rings. The van der Waals surface area contributed by atoms with Gasteiger partial charge in [0.2, 0.25) is 11.9 Å². The molecule has 35 heavy (non-hydrogen) atoms. The highest BCUT2D eigenvalue weighted by Crippen LogP contribution is 2.30. The van der Waals surface area contributed by atoms with Gasteiger partial charge in [0.25, 0.3) is 5.91 Å². The fraction of sp³-hybridized carbons (Fsp3) is 0.280. The molecule has 4 N–H and O–H groups in total. The predicted molar refractivity (Wildman–Crippen MR) is 135 cm³/mol. The topological polar surface area (TPSA) is 108 Å². The molecule has 182 valence electrons. The Kier molecular flexibility index (Phi) is 7.45. The molecular weight excluding hydrogens is 471 g/mol. The van der Waals surface area contributed by atoms with E-state index in [2.05, 4.69) is 31.2 Å². The van der Waals surface area contributed by atoms with Gasteiger partial charge in [-0.3, -0.25) is 9.59 Å². The number of aromatic nitrogens is 2. The summed E-state index contributed by atoms with van der Waals surface area (Å²) in [5.41, 5.74) is 3.04. The van der Waals surface area contributed by atoms with E-state index in [4.69, 9.17) is 11.6 Å². The van der Waals surface area contributed by atoms with Crippen molar-refractivity contribution in [2.45, 2.75) is 32.2 Å². The molecular formula is C25H26ClFN6O2. The molecule has 2 amide bonds. The quantitative estimate of drug-likeness (QED) is 0.402. The van der Waals surface area contributed by atoms with E-state index in [1.165, 1.54) is 12.3 Å². The lowest BCUT2D eigenvalue weighted by Gasteiger charge is -2.17. The van der Waals surface area contributed by atoms with E-state index in [0.717, 1.165) is 24.0 Å². The van der Waals surface area contributed by atoms with Crippen LogP contribution in [0.2, 0.25) is 5.02 Å². The Bertz CT molecular complexity index is 1250. The standard InChI is InChI=1S/C25H26ClFN6O2/c1-14-11-21(19(27)12-17(14)15-6-8-16(9-7-15)23(34)28-2)32-25-30-13-18(26)22(33-25)31-20-5-3-4-10-29-24(20)35/h6-9,11-13,20H,3-5,10H2,1-2H3,(H,28,34)(H,29,35)(H2,30,31,32,33)/t20-/m0/s1. The van der Waals surface area contributed by atoms with Crippen LogP contribution in [0.1, 0.15) is 35.2 Å². The third kappa shape index (κ3) is 5.68. The van der Waals surface area contributed by atoms with E-state index in [9.17, 15) is 9.59 Å². The fourth-order valence-electron chi connectivity index (χ4n) is 3.92. The van der Waals surface area contributed by atoms with Crippen LogP contribution in [0, 0.1) is 12.7 Å². The molecule has 0 radical (unpaired) electrons. The first-order valence-electron chi connectivity index (χ1n) is 11.3. The Balaban J connectivity index is 1.54. The lowest BCUT2D eigenvalue weighted by atomic mass is 9.98. The maximum absolute atomic E-state index is 15.0. The highest BCUT2D eigenvalue weighted by atomic mass is 35.5. The molecule has 0 saturated carbocycles. The van der Waals surface area contributed by atoms with E-state index in [1.54, 1.807) is 37.4 Å². The molecule has 2 aromatic carbocycles. The van der Waals surface area contributed by atoms with Crippen LogP contribution in [0.4, 0.5) is 21.8 Å². The van der Waals surface area contributed by atoms with E-state index in [1.807, 2.05) is 6.92 Å². The summed E-state index contributed by atoms with van der Waals surface area (Å²) in [4.78, 5) is 32.5. The maximum atomic E-state index is 15.0. The van der Waals surface area contributed by atoms with Crippen molar-refractivity contribution in [3.8, 4) is 11.1 Å². The average molecular weight is 497 g/mol. The number of aryl methyl sites for hydroxylation is 1. The van der Waals surface area contributed by atoms with Gasteiger partial charge in [0.15, 0.2) is 5.82 Å². The van der Waals surface area contributed by atoms with Gasteiger partial charge in [-0.2, -0.15) is 4.98 Å². The highest BCUT2D eigenvalue weighted by molar-refractivity contribution is 6.32. The van der Waals surface area contributed by atoms with E-state index in [0.29, 0.717) is 29.9 Å². The van der Waals surface area contributed by atoms with Gasteiger partial charge in [0, 0.05) is 19.2 Å². The normalized spacial score (nSPS) is 15.7. The van der Waals surface area contributed by atoms with Crippen LogP contribution in [-0.2, 0) is 4.79 Å². The highest BCUT2D eigenvalue weighted by Gasteiger charge is 2.22. The molecule has 4 rings (SSSR count). The van der Waals surface area contributed by atoms with Crippen LogP contribution >= 0.6 is 11.6 Å². The summed E-state index contributed by atoms with van der Waals surface area (Å²) in [6, 6.07) is 9.60. The van der Waals surface area contributed by atoms with Crippen molar-refractivity contribution in [3.05, 3.63) is 64.6 Å². The number of anilines is 3. The van der Waals surface area contributed by atoms with E-state index < -0.39 is 11.9 Å². The summed E-state index contributed by atoms with van der Waals surface area (Å²) in [5.74, 6) is -0.330. The van der Waals surface area contributed by atoms with Gasteiger partial charge in [-0.15, -0.1) is 0 Å². The van der Waals surface area contributed by atoms with Crippen molar-refractivity contribution < 1.29 is 14.0 Å². The first-order valence-corrected chi connectivity index (χ1v) is 11.7. The smallest absolute Gasteiger partial charge is 0.251 e. The Hall–Kier alpha value is -3.72. The minimum absolute atomic E-state index is 0.104. The lowest BCUT2D eigenvalue weighted by Crippen LogP contribution is -2.38. The second-order valence-electron chi connectivity index (χ2n) is 8.30. The summed E-state index contributed by atoms with van der Waals surface area (Å²) >= 11 is 6.25. The molecule has 2 heterocycles. The Morgan fingerprint density at radius 1 is 1.20 bits per heavy atom. The van der Waals surface area contributed by atoms with E-state index >= 15 is 4.39 Å². The predicted octanol–water partition coefficient (Wildman–Crippen LogP) is 4.43. The van der Waals surface area contributed by atoms with Crippen LogP contribution in [0.25, 0.3) is 11.1 Å². The molecule has 10 heteroatoms. The van der Waals surface area contributed by atoms with Crippen LogP contribution in [0.5, 0.6) is 0 Å². The monoisotopic (exact) mass is 496 g/mol. The molecule has 1 saturated heterocycles. The molecule has 1 aromatic heterocycles. The molecule has 3 aromatic rings. The number of halogens is 2. The third-order valence-electron chi connectivity index (χ3n) is 5.84. The average Bonchev–Trinajstić information content (AvgIpc) is 3.06. The SMILES string of the molecule is CNC(=O)c1ccc(-c2cc(F)c(Nc3ncc(Cl)c(N[C@H]4CCCCNC4=O)n3)cc2C)cc1. The Labute approximate surface area is 207 Å².